The van der Waals surface area contributed by atoms with Gasteiger partial charge in [0.25, 0.3) is 5.91 Å². The second-order valence-corrected chi connectivity index (χ2v) is 13.9. The Labute approximate surface area is 242 Å². The molecule has 0 saturated heterocycles. The first-order valence-electron chi connectivity index (χ1n) is 14.4. The fourth-order valence-corrected chi connectivity index (χ4v) is 6.65. The van der Waals surface area contributed by atoms with Crippen LogP contribution in [0.5, 0.6) is 5.75 Å². The molecule has 0 unspecified atom stereocenters. The largest absolute Gasteiger partial charge is 0.489 e. The van der Waals surface area contributed by atoms with Gasteiger partial charge in [0.2, 0.25) is 5.95 Å². The number of hydrogen-bond acceptors (Lipinski definition) is 8. The predicted molar refractivity (Wildman–Crippen MR) is 161 cm³/mol. The minimum Gasteiger partial charge on any atom is -0.489 e. The third kappa shape index (κ3) is 6.02. The van der Waals surface area contributed by atoms with E-state index in [-0.39, 0.29) is 22.9 Å². The summed E-state index contributed by atoms with van der Waals surface area (Å²) in [4.78, 5) is 24.8. The lowest BCUT2D eigenvalue weighted by atomic mass is 9.94. The summed E-state index contributed by atoms with van der Waals surface area (Å²) in [6, 6.07) is 10.9. The number of ether oxygens (including phenoxy) is 1. The highest BCUT2D eigenvalue weighted by Gasteiger charge is 2.34. The molecule has 2 N–H and O–H groups in total. The zero-order valence-corrected chi connectivity index (χ0v) is 25.2. The highest BCUT2D eigenvalue weighted by atomic mass is 32.2. The lowest BCUT2D eigenvalue weighted by Crippen LogP contribution is -2.36. The van der Waals surface area contributed by atoms with Crippen molar-refractivity contribution in [3.63, 3.8) is 0 Å². The molecule has 41 heavy (non-hydrogen) atoms. The molecule has 1 saturated carbocycles. The van der Waals surface area contributed by atoms with Crippen LogP contribution in [0.4, 0.5) is 23.1 Å². The van der Waals surface area contributed by atoms with Gasteiger partial charge in [-0.2, -0.15) is 4.98 Å². The van der Waals surface area contributed by atoms with Gasteiger partial charge < -0.3 is 20.3 Å². The van der Waals surface area contributed by atoms with Crippen LogP contribution in [0, 0.1) is 6.92 Å². The maximum atomic E-state index is 13.5. The molecule has 2 aliphatic rings. The second-order valence-electron chi connectivity index (χ2n) is 11.5. The van der Waals surface area contributed by atoms with Gasteiger partial charge >= 0.3 is 0 Å². The molecule has 0 bridgehead atoms. The fourth-order valence-electron chi connectivity index (χ4n) is 5.45. The number of aryl methyl sites for hydroxylation is 1. The van der Waals surface area contributed by atoms with Gasteiger partial charge in [-0.15, -0.1) is 0 Å². The lowest BCUT2D eigenvalue weighted by molar-refractivity contribution is 0.0660. The number of nitrogens with one attached hydrogen (secondary N) is 2. The third-order valence-corrected chi connectivity index (χ3v) is 9.91. The van der Waals surface area contributed by atoms with E-state index < -0.39 is 15.1 Å². The SMILES string of the molecule is Cc1cnc(Nc2cc3c(cc2OC(C)C)CN(C2CCCCC2)C3=O)nc1Nc1ccccc1S(=O)(=O)C(C)C. The molecule has 1 aromatic heterocycles. The van der Waals surface area contributed by atoms with Crippen molar-refractivity contribution < 1.29 is 17.9 Å². The van der Waals surface area contributed by atoms with Gasteiger partial charge in [-0.1, -0.05) is 31.4 Å². The molecular weight excluding hydrogens is 538 g/mol. The van der Waals surface area contributed by atoms with E-state index >= 15 is 0 Å². The molecule has 1 amide bonds. The van der Waals surface area contributed by atoms with E-state index in [1.54, 1.807) is 44.3 Å². The summed E-state index contributed by atoms with van der Waals surface area (Å²) in [7, 11) is -3.51. The molecule has 10 heteroatoms. The number of sulfone groups is 1. The number of para-hydroxylation sites is 1. The summed E-state index contributed by atoms with van der Waals surface area (Å²) in [5, 5.41) is 5.90. The van der Waals surface area contributed by atoms with Gasteiger partial charge in [-0.3, -0.25) is 4.79 Å². The Morgan fingerprint density at radius 2 is 1.73 bits per heavy atom. The van der Waals surface area contributed by atoms with Crippen LogP contribution in [0.25, 0.3) is 0 Å². The molecule has 3 aromatic rings. The Morgan fingerprint density at radius 3 is 2.44 bits per heavy atom. The summed E-state index contributed by atoms with van der Waals surface area (Å²) in [6.07, 6.45) is 7.25. The molecule has 2 aromatic carbocycles. The number of carbonyl (C=O) groups is 1. The van der Waals surface area contributed by atoms with E-state index in [1.165, 1.54) is 6.42 Å². The van der Waals surface area contributed by atoms with E-state index in [1.807, 2.05) is 37.8 Å². The first-order valence-corrected chi connectivity index (χ1v) is 15.9. The Kier molecular flexibility index (Phi) is 8.22. The van der Waals surface area contributed by atoms with Crippen LogP contribution in [0.2, 0.25) is 0 Å². The molecule has 2 heterocycles. The molecule has 0 atom stereocenters. The topological polar surface area (TPSA) is 114 Å². The monoisotopic (exact) mass is 577 g/mol. The van der Waals surface area contributed by atoms with E-state index in [0.29, 0.717) is 41.0 Å². The van der Waals surface area contributed by atoms with Crippen LogP contribution in [0.15, 0.2) is 47.5 Å². The lowest BCUT2D eigenvalue weighted by Gasteiger charge is -2.30. The van der Waals surface area contributed by atoms with E-state index in [2.05, 4.69) is 20.6 Å². The normalized spacial score (nSPS) is 15.9. The van der Waals surface area contributed by atoms with Crippen molar-refractivity contribution in [2.24, 2.45) is 0 Å². The van der Waals surface area contributed by atoms with Crippen molar-refractivity contribution in [3.8, 4) is 5.75 Å². The van der Waals surface area contributed by atoms with Crippen LogP contribution in [0.3, 0.4) is 0 Å². The maximum absolute atomic E-state index is 13.5. The fraction of sp³-hybridized carbons (Fsp3) is 0.452. The van der Waals surface area contributed by atoms with Gasteiger partial charge in [-0.05, 0) is 77.3 Å². The molecule has 0 spiro atoms. The third-order valence-electron chi connectivity index (χ3n) is 7.70. The summed E-state index contributed by atoms with van der Waals surface area (Å²) < 4.78 is 32.1. The number of rotatable bonds is 9. The van der Waals surface area contributed by atoms with Crippen LogP contribution in [-0.2, 0) is 16.4 Å². The molecule has 9 nitrogen and oxygen atoms in total. The van der Waals surface area contributed by atoms with Crippen molar-refractivity contribution >= 4 is 38.9 Å². The van der Waals surface area contributed by atoms with Crippen LogP contribution in [-0.4, -0.2) is 46.6 Å². The van der Waals surface area contributed by atoms with Gasteiger partial charge in [0, 0.05) is 29.9 Å². The number of fused-ring (bicyclic) bond motifs is 1. The zero-order valence-electron chi connectivity index (χ0n) is 24.4. The van der Waals surface area contributed by atoms with Crippen molar-refractivity contribution in [1.82, 2.24) is 14.9 Å². The quantitative estimate of drug-likeness (QED) is 0.295. The van der Waals surface area contributed by atoms with E-state index in [0.717, 1.165) is 36.8 Å². The molecule has 1 fully saturated rings. The van der Waals surface area contributed by atoms with Gasteiger partial charge in [0.1, 0.15) is 11.6 Å². The molecule has 5 rings (SSSR count). The van der Waals surface area contributed by atoms with Crippen molar-refractivity contribution in [1.29, 1.82) is 0 Å². The van der Waals surface area contributed by atoms with Gasteiger partial charge in [0.15, 0.2) is 9.84 Å². The minimum atomic E-state index is -3.51. The zero-order chi connectivity index (χ0) is 29.3. The first kappa shape index (κ1) is 28.9. The molecule has 0 radical (unpaired) electrons. The highest BCUT2D eigenvalue weighted by Crippen LogP contribution is 2.38. The number of carbonyl (C=O) groups excluding carboxylic acids is 1. The number of hydrogen-bond donors (Lipinski definition) is 2. The summed E-state index contributed by atoms with van der Waals surface area (Å²) in [5.41, 5.74) is 3.44. The smallest absolute Gasteiger partial charge is 0.254 e. The highest BCUT2D eigenvalue weighted by molar-refractivity contribution is 7.92. The number of aromatic nitrogens is 2. The maximum Gasteiger partial charge on any atom is 0.254 e. The predicted octanol–water partition coefficient (Wildman–Crippen LogP) is 6.53. The number of benzene rings is 2. The molecular formula is C31H39N5O4S. The number of nitrogens with zero attached hydrogens (tertiary/aromatic N) is 3. The van der Waals surface area contributed by atoms with E-state index in [9.17, 15) is 13.2 Å². The Morgan fingerprint density at radius 1 is 1.00 bits per heavy atom. The summed E-state index contributed by atoms with van der Waals surface area (Å²) in [6.45, 7) is 9.70. The summed E-state index contributed by atoms with van der Waals surface area (Å²) >= 11 is 0. The first-order chi connectivity index (χ1) is 19.5. The van der Waals surface area contributed by atoms with Gasteiger partial charge in [0.05, 0.1) is 27.6 Å². The van der Waals surface area contributed by atoms with Crippen molar-refractivity contribution in [2.45, 2.75) is 95.6 Å². The van der Waals surface area contributed by atoms with Crippen LogP contribution in [0.1, 0.15) is 81.3 Å². The number of anilines is 4. The molecule has 218 valence electrons. The standard InChI is InChI=1S/C31H39N5O4S/c1-19(2)40-27-15-22-18-36(23-11-7-6-8-12-23)30(37)24(22)16-26(27)34-31-32-17-21(5)29(35-31)33-25-13-9-10-14-28(25)41(38,39)20(3)4/h9-10,13-17,19-20,23H,6-8,11-12,18H2,1-5H3,(H2,32,33,34,35). The van der Waals surface area contributed by atoms with Crippen LogP contribution < -0.4 is 15.4 Å². The number of amides is 1. The summed E-state index contributed by atoms with van der Waals surface area (Å²) in [5.74, 6) is 1.46. The molecule has 1 aliphatic carbocycles. The van der Waals surface area contributed by atoms with Crippen molar-refractivity contribution in [3.05, 3.63) is 59.3 Å². The Balaban J connectivity index is 1.45. The van der Waals surface area contributed by atoms with E-state index in [4.69, 9.17) is 4.74 Å². The average Bonchev–Trinajstić information content (AvgIpc) is 3.26. The van der Waals surface area contributed by atoms with Crippen molar-refractivity contribution in [2.75, 3.05) is 10.6 Å². The van der Waals surface area contributed by atoms with Gasteiger partial charge in [-0.25, -0.2) is 13.4 Å². The van der Waals surface area contributed by atoms with Crippen LogP contribution >= 0.6 is 0 Å². The average molecular weight is 578 g/mol. The minimum absolute atomic E-state index is 0.0567. The Bertz CT molecular complexity index is 1550. The second kappa shape index (κ2) is 11.7. The Hall–Kier alpha value is -3.66. The molecule has 1 aliphatic heterocycles.